The highest BCUT2D eigenvalue weighted by atomic mass is 79.9. The van der Waals surface area contributed by atoms with Gasteiger partial charge in [-0.25, -0.2) is 4.79 Å². The third-order valence-electron chi connectivity index (χ3n) is 2.52. The van der Waals surface area contributed by atoms with E-state index in [9.17, 15) is 4.79 Å². The number of thiophene rings is 1. The summed E-state index contributed by atoms with van der Waals surface area (Å²) in [6.07, 6.45) is 3.18. The Kier molecular flexibility index (Phi) is 5.38. The van der Waals surface area contributed by atoms with Gasteiger partial charge in [0.25, 0.3) is 0 Å². The minimum absolute atomic E-state index is 0.232. The van der Waals surface area contributed by atoms with Gasteiger partial charge in [0.1, 0.15) is 12.4 Å². The van der Waals surface area contributed by atoms with Crippen molar-refractivity contribution in [3.05, 3.63) is 56.7 Å². The van der Waals surface area contributed by atoms with E-state index in [0.29, 0.717) is 0 Å². The van der Waals surface area contributed by atoms with E-state index in [1.807, 2.05) is 35.7 Å². The molecular formula is C15H13BrO3S. The van der Waals surface area contributed by atoms with Crippen LogP contribution in [0.1, 0.15) is 10.4 Å². The lowest BCUT2D eigenvalue weighted by atomic mass is 10.2. The van der Waals surface area contributed by atoms with Gasteiger partial charge in [0, 0.05) is 11.0 Å². The summed E-state index contributed by atoms with van der Waals surface area (Å²) in [5.41, 5.74) is 0.899. The lowest BCUT2D eigenvalue weighted by molar-refractivity contribution is -0.138. The van der Waals surface area contributed by atoms with Crippen LogP contribution in [-0.4, -0.2) is 13.1 Å². The second-order valence-electron chi connectivity index (χ2n) is 3.93. The predicted octanol–water partition coefficient (Wildman–Crippen LogP) is 4.28. The topological polar surface area (TPSA) is 35.5 Å². The zero-order valence-electron chi connectivity index (χ0n) is 10.8. The summed E-state index contributed by atoms with van der Waals surface area (Å²) in [7, 11) is 1.61. The summed E-state index contributed by atoms with van der Waals surface area (Å²) in [5.74, 6) is 0.392. The largest absolute Gasteiger partial charge is 0.496 e. The minimum atomic E-state index is -0.356. The number of methoxy groups -OCH3 is 1. The van der Waals surface area contributed by atoms with Crippen LogP contribution in [-0.2, 0) is 16.1 Å². The molecule has 0 saturated heterocycles. The fourth-order valence-electron chi connectivity index (χ4n) is 1.54. The fourth-order valence-corrected chi connectivity index (χ4v) is 2.74. The molecule has 0 saturated carbocycles. The van der Waals surface area contributed by atoms with E-state index < -0.39 is 0 Å². The van der Waals surface area contributed by atoms with Gasteiger partial charge >= 0.3 is 5.97 Å². The molecule has 0 atom stereocenters. The fraction of sp³-hybridized carbons (Fsp3) is 0.133. The summed E-state index contributed by atoms with van der Waals surface area (Å²) >= 11 is 4.96. The molecule has 1 aromatic heterocycles. The number of carbonyl (C=O) groups excluding carboxylic acids is 1. The molecule has 0 radical (unpaired) electrons. The van der Waals surface area contributed by atoms with Crippen molar-refractivity contribution in [2.24, 2.45) is 0 Å². The molecular weight excluding hydrogens is 340 g/mol. The molecule has 0 unspecified atom stereocenters. The Labute approximate surface area is 130 Å². The first-order chi connectivity index (χ1) is 9.69. The summed E-state index contributed by atoms with van der Waals surface area (Å²) in [4.78, 5) is 12.6. The molecule has 20 heavy (non-hydrogen) atoms. The van der Waals surface area contributed by atoms with E-state index in [1.165, 1.54) is 6.08 Å². The summed E-state index contributed by atoms with van der Waals surface area (Å²) < 4.78 is 11.1. The predicted molar refractivity (Wildman–Crippen MR) is 83.8 cm³/mol. The van der Waals surface area contributed by atoms with Crippen molar-refractivity contribution >= 4 is 39.3 Å². The van der Waals surface area contributed by atoms with E-state index in [-0.39, 0.29) is 12.6 Å². The molecule has 0 aliphatic carbocycles. The average Bonchev–Trinajstić information content (AvgIpc) is 2.96. The smallest absolute Gasteiger partial charge is 0.331 e. The van der Waals surface area contributed by atoms with Crippen molar-refractivity contribution in [1.82, 2.24) is 0 Å². The van der Waals surface area contributed by atoms with Crippen LogP contribution in [0.2, 0.25) is 0 Å². The van der Waals surface area contributed by atoms with Crippen LogP contribution in [0.5, 0.6) is 5.75 Å². The Morgan fingerprint density at radius 1 is 1.40 bits per heavy atom. The molecule has 0 amide bonds. The summed E-state index contributed by atoms with van der Waals surface area (Å²) in [5, 5.41) is 1.96. The molecule has 2 aromatic rings. The Balaban J connectivity index is 1.88. The van der Waals surface area contributed by atoms with E-state index >= 15 is 0 Å². The number of benzene rings is 1. The van der Waals surface area contributed by atoms with Gasteiger partial charge in [-0.1, -0.05) is 12.1 Å². The molecule has 0 bridgehead atoms. The van der Waals surface area contributed by atoms with Gasteiger partial charge in [0.2, 0.25) is 0 Å². The Hall–Kier alpha value is -1.59. The maximum Gasteiger partial charge on any atom is 0.331 e. The van der Waals surface area contributed by atoms with Crippen LogP contribution >= 0.6 is 27.3 Å². The van der Waals surface area contributed by atoms with E-state index in [2.05, 4.69) is 15.9 Å². The second-order valence-corrected chi connectivity index (χ2v) is 5.76. The number of hydrogen-bond donors (Lipinski definition) is 0. The number of halogens is 1. The molecule has 0 fully saturated rings. The third kappa shape index (κ3) is 4.21. The highest BCUT2D eigenvalue weighted by molar-refractivity contribution is 9.10. The van der Waals surface area contributed by atoms with Crippen molar-refractivity contribution in [3.63, 3.8) is 0 Å². The Morgan fingerprint density at radius 3 is 2.90 bits per heavy atom. The molecule has 0 aliphatic rings. The van der Waals surface area contributed by atoms with Crippen molar-refractivity contribution in [1.29, 1.82) is 0 Å². The molecule has 0 N–H and O–H groups in total. The molecule has 1 aromatic carbocycles. The van der Waals surface area contributed by atoms with Crippen molar-refractivity contribution in [3.8, 4) is 5.75 Å². The lowest BCUT2D eigenvalue weighted by Crippen LogP contribution is -2.00. The number of hydrogen-bond acceptors (Lipinski definition) is 4. The van der Waals surface area contributed by atoms with Gasteiger partial charge in [-0.3, -0.25) is 0 Å². The monoisotopic (exact) mass is 352 g/mol. The third-order valence-corrected chi connectivity index (χ3v) is 3.98. The summed E-state index contributed by atoms with van der Waals surface area (Å²) in [6, 6.07) is 9.43. The van der Waals surface area contributed by atoms with E-state index in [4.69, 9.17) is 9.47 Å². The maximum absolute atomic E-state index is 11.6. The highest BCUT2D eigenvalue weighted by Crippen LogP contribution is 2.25. The normalized spacial score (nSPS) is 10.7. The first-order valence-electron chi connectivity index (χ1n) is 5.90. The molecule has 3 nitrogen and oxygen atoms in total. The Bertz CT molecular complexity index is 606. The van der Waals surface area contributed by atoms with Gasteiger partial charge in [0.05, 0.1) is 11.6 Å². The number of carbonyl (C=O) groups is 1. The first-order valence-corrected chi connectivity index (χ1v) is 7.57. The molecule has 5 heteroatoms. The highest BCUT2D eigenvalue weighted by Gasteiger charge is 2.03. The van der Waals surface area contributed by atoms with E-state index in [1.54, 1.807) is 24.5 Å². The standard InChI is InChI=1S/C15H13BrO3S/c1-18-14-6-4-11(9-13(14)16)10-19-15(17)7-5-12-3-2-8-20-12/h2-9H,10H2,1H3/b7-5+. The van der Waals surface area contributed by atoms with Crippen LogP contribution < -0.4 is 4.74 Å². The quantitative estimate of drug-likeness (QED) is 0.595. The van der Waals surface area contributed by atoms with Crippen molar-refractivity contribution < 1.29 is 14.3 Å². The zero-order valence-corrected chi connectivity index (χ0v) is 13.2. The van der Waals surface area contributed by atoms with Gasteiger partial charge in [0.15, 0.2) is 0 Å². The van der Waals surface area contributed by atoms with Gasteiger partial charge in [-0.05, 0) is 51.1 Å². The average molecular weight is 353 g/mol. The van der Waals surface area contributed by atoms with Gasteiger partial charge < -0.3 is 9.47 Å². The van der Waals surface area contributed by atoms with Crippen LogP contribution in [0, 0.1) is 0 Å². The number of ether oxygens (including phenoxy) is 2. The molecule has 104 valence electrons. The van der Waals surface area contributed by atoms with Gasteiger partial charge in [-0.2, -0.15) is 0 Å². The first kappa shape index (κ1) is 14.8. The molecule has 1 heterocycles. The van der Waals surface area contributed by atoms with Crippen molar-refractivity contribution in [2.75, 3.05) is 7.11 Å². The molecule has 0 aliphatic heterocycles. The van der Waals surface area contributed by atoms with Crippen LogP contribution in [0.25, 0.3) is 6.08 Å². The number of rotatable bonds is 5. The second kappa shape index (κ2) is 7.26. The Morgan fingerprint density at radius 2 is 2.25 bits per heavy atom. The van der Waals surface area contributed by atoms with Crippen LogP contribution in [0.15, 0.2) is 46.3 Å². The van der Waals surface area contributed by atoms with Crippen LogP contribution in [0.4, 0.5) is 0 Å². The molecule has 2 rings (SSSR count). The zero-order chi connectivity index (χ0) is 14.4. The SMILES string of the molecule is COc1ccc(COC(=O)/C=C/c2cccs2)cc1Br. The minimum Gasteiger partial charge on any atom is -0.496 e. The molecule has 0 spiro atoms. The van der Waals surface area contributed by atoms with Gasteiger partial charge in [-0.15, -0.1) is 11.3 Å². The lowest BCUT2D eigenvalue weighted by Gasteiger charge is -2.06. The van der Waals surface area contributed by atoms with Crippen LogP contribution in [0.3, 0.4) is 0 Å². The van der Waals surface area contributed by atoms with E-state index in [0.717, 1.165) is 20.7 Å². The summed E-state index contributed by atoms with van der Waals surface area (Å²) in [6.45, 7) is 0.232. The maximum atomic E-state index is 11.6. The number of esters is 1. The van der Waals surface area contributed by atoms with Crippen molar-refractivity contribution in [2.45, 2.75) is 6.61 Å².